The van der Waals surface area contributed by atoms with Crippen molar-refractivity contribution >= 4 is 22.4 Å². The molecule has 6 nitrogen and oxygen atoms in total. The van der Waals surface area contributed by atoms with Gasteiger partial charge in [-0.1, -0.05) is 18.2 Å². The molecule has 0 saturated carbocycles. The van der Waals surface area contributed by atoms with Crippen LogP contribution < -0.4 is 10.2 Å². The van der Waals surface area contributed by atoms with E-state index in [0.717, 1.165) is 46.5 Å². The van der Waals surface area contributed by atoms with E-state index in [0.29, 0.717) is 25.5 Å². The van der Waals surface area contributed by atoms with Crippen LogP contribution in [-0.2, 0) is 17.1 Å². The molecular weight excluding hydrogens is 400 g/mol. The highest BCUT2D eigenvalue weighted by Gasteiger charge is 2.40. The van der Waals surface area contributed by atoms with Crippen LogP contribution in [0.3, 0.4) is 0 Å². The Morgan fingerprint density at radius 3 is 2.81 bits per heavy atom. The highest BCUT2D eigenvalue weighted by Crippen LogP contribution is 2.44. The fourth-order valence-corrected chi connectivity index (χ4v) is 4.58. The van der Waals surface area contributed by atoms with Gasteiger partial charge in [0.15, 0.2) is 5.82 Å². The minimum atomic E-state index is -2.75. The van der Waals surface area contributed by atoms with Crippen molar-refractivity contribution in [3.8, 4) is 0 Å². The number of aromatic nitrogens is 3. The van der Waals surface area contributed by atoms with E-state index in [1.807, 2.05) is 26.1 Å². The number of aryl methyl sites for hydroxylation is 1. The third kappa shape index (κ3) is 3.59. The number of alkyl halides is 2. The lowest BCUT2D eigenvalue weighted by Gasteiger charge is -2.29. The summed E-state index contributed by atoms with van der Waals surface area (Å²) in [5.74, 6) is -2.14. The van der Waals surface area contributed by atoms with Gasteiger partial charge in [0.1, 0.15) is 0 Å². The Balaban J connectivity index is 1.50. The zero-order valence-corrected chi connectivity index (χ0v) is 17.7. The van der Waals surface area contributed by atoms with Crippen molar-refractivity contribution in [2.24, 2.45) is 0 Å². The fourth-order valence-electron chi connectivity index (χ4n) is 4.58. The number of hydrogen-bond acceptors (Lipinski definition) is 6. The van der Waals surface area contributed by atoms with Gasteiger partial charge in [0.2, 0.25) is 0 Å². The van der Waals surface area contributed by atoms with Crippen molar-refractivity contribution in [3.63, 3.8) is 0 Å². The van der Waals surface area contributed by atoms with Gasteiger partial charge in [-0.2, -0.15) is 5.10 Å². The van der Waals surface area contributed by atoms with Crippen LogP contribution in [0, 0.1) is 6.92 Å². The molecule has 0 bridgehead atoms. The highest BCUT2D eigenvalue weighted by molar-refractivity contribution is 5.92. The smallest absolute Gasteiger partial charge is 0.273 e. The minimum absolute atomic E-state index is 0.133. The molecule has 1 aliphatic carbocycles. The number of anilines is 2. The molecule has 1 saturated heterocycles. The van der Waals surface area contributed by atoms with Gasteiger partial charge in [-0.3, -0.25) is 4.98 Å². The van der Waals surface area contributed by atoms with Crippen molar-refractivity contribution in [1.82, 2.24) is 15.2 Å². The predicted octanol–water partition coefficient (Wildman–Crippen LogP) is 4.38. The summed E-state index contributed by atoms with van der Waals surface area (Å²) in [6.45, 7) is 6.87. The number of halogens is 2. The first kappa shape index (κ1) is 20.1. The summed E-state index contributed by atoms with van der Waals surface area (Å²) in [7, 11) is 0. The molecule has 1 aliphatic heterocycles. The zero-order chi connectivity index (χ0) is 21.6. The van der Waals surface area contributed by atoms with Crippen molar-refractivity contribution < 1.29 is 13.5 Å². The summed E-state index contributed by atoms with van der Waals surface area (Å²) in [6, 6.07) is 7.05. The molecule has 8 heteroatoms. The molecule has 2 aliphatic rings. The Bertz CT molecular complexity index is 1130. The largest absolute Gasteiger partial charge is 0.378 e. The number of morpholine rings is 1. The quantitative estimate of drug-likeness (QED) is 0.669. The van der Waals surface area contributed by atoms with E-state index in [1.54, 1.807) is 6.07 Å². The summed E-state index contributed by atoms with van der Waals surface area (Å²) < 4.78 is 33.9. The van der Waals surface area contributed by atoms with Crippen LogP contribution in [-0.4, -0.2) is 41.5 Å². The van der Waals surface area contributed by atoms with E-state index >= 15 is 0 Å². The average Bonchev–Trinajstić information content (AvgIpc) is 3.11. The van der Waals surface area contributed by atoms with Gasteiger partial charge >= 0.3 is 0 Å². The first-order valence-corrected chi connectivity index (χ1v) is 10.7. The highest BCUT2D eigenvalue weighted by atomic mass is 19.3. The van der Waals surface area contributed by atoms with E-state index in [2.05, 4.69) is 31.5 Å². The van der Waals surface area contributed by atoms with Crippen LogP contribution in [0.5, 0.6) is 0 Å². The fraction of sp³-hybridized carbons (Fsp3) is 0.435. The zero-order valence-electron chi connectivity index (χ0n) is 17.7. The maximum Gasteiger partial charge on any atom is 0.273 e. The van der Waals surface area contributed by atoms with Crippen LogP contribution in [0.2, 0.25) is 0 Å². The first-order chi connectivity index (χ1) is 14.9. The van der Waals surface area contributed by atoms with Gasteiger partial charge in [0, 0.05) is 30.5 Å². The van der Waals surface area contributed by atoms with Crippen molar-refractivity contribution in [2.75, 3.05) is 36.5 Å². The second-order valence-corrected chi connectivity index (χ2v) is 8.27. The molecule has 0 radical (unpaired) electrons. The number of ether oxygens (including phenoxy) is 1. The number of hydrogen-bond donors (Lipinski definition) is 1. The molecule has 5 rings (SSSR count). The number of fused-ring (bicyclic) bond motifs is 2. The molecule has 0 amide bonds. The number of pyridine rings is 1. The Kier molecular flexibility index (Phi) is 4.97. The van der Waals surface area contributed by atoms with Crippen molar-refractivity contribution in [2.45, 2.75) is 38.7 Å². The molecule has 0 unspecified atom stereocenters. The molecule has 162 valence electrons. The van der Waals surface area contributed by atoms with Gasteiger partial charge < -0.3 is 15.0 Å². The topological polar surface area (TPSA) is 63.2 Å². The van der Waals surface area contributed by atoms with Crippen LogP contribution >= 0.6 is 0 Å². The van der Waals surface area contributed by atoms with E-state index in [1.165, 1.54) is 6.07 Å². The van der Waals surface area contributed by atoms with Gasteiger partial charge in [-0.15, -0.1) is 5.10 Å². The van der Waals surface area contributed by atoms with Crippen molar-refractivity contribution in [1.29, 1.82) is 0 Å². The molecule has 1 fully saturated rings. The maximum atomic E-state index is 14.2. The molecule has 2 aromatic heterocycles. The third-order valence-electron chi connectivity index (χ3n) is 6.26. The van der Waals surface area contributed by atoms with Crippen LogP contribution in [0.15, 0.2) is 30.5 Å². The van der Waals surface area contributed by atoms with Gasteiger partial charge in [-0.25, -0.2) is 8.78 Å². The Morgan fingerprint density at radius 1 is 1.19 bits per heavy atom. The number of rotatable bonds is 4. The second-order valence-electron chi connectivity index (χ2n) is 8.27. The number of nitrogens with zero attached hydrogens (tertiary/aromatic N) is 4. The SMILES string of the molecule is Cc1nnc(N[C@H](C)c2cccc3c2CCC3(F)F)c2cc(N3CCOCC3)cnc12. The normalized spacial score (nSPS) is 18.8. The van der Waals surface area contributed by atoms with E-state index in [4.69, 9.17) is 4.74 Å². The average molecular weight is 425 g/mol. The van der Waals surface area contributed by atoms with Gasteiger partial charge in [0.05, 0.1) is 42.4 Å². The Hall–Kier alpha value is -2.87. The predicted molar refractivity (Wildman–Crippen MR) is 116 cm³/mol. The molecule has 1 N–H and O–H groups in total. The number of nitrogens with one attached hydrogen (secondary N) is 1. The van der Waals surface area contributed by atoms with Crippen molar-refractivity contribution in [3.05, 3.63) is 52.8 Å². The maximum absolute atomic E-state index is 14.2. The monoisotopic (exact) mass is 425 g/mol. The standard InChI is InChI=1S/C23H25F2N5O/c1-14(17-4-3-5-20-18(17)6-7-23(20,24)25)27-22-19-12-16(30-8-10-31-11-9-30)13-26-21(19)15(2)28-29-22/h3-5,12-14H,6-11H2,1-2H3,(H,27,29)/t14-/m1/s1. The summed E-state index contributed by atoms with van der Waals surface area (Å²) in [5.41, 5.74) is 4.31. The molecular formula is C23H25F2N5O. The Morgan fingerprint density at radius 2 is 2.00 bits per heavy atom. The van der Waals surface area contributed by atoms with Crippen LogP contribution in [0.4, 0.5) is 20.3 Å². The molecule has 0 spiro atoms. The van der Waals surface area contributed by atoms with E-state index in [9.17, 15) is 8.78 Å². The minimum Gasteiger partial charge on any atom is -0.378 e. The first-order valence-electron chi connectivity index (χ1n) is 10.7. The van der Waals surface area contributed by atoms with Gasteiger partial charge in [-0.05, 0) is 37.5 Å². The molecule has 1 atom stereocenters. The number of benzene rings is 1. The van der Waals surface area contributed by atoms with Gasteiger partial charge in [0.25, 0.3) is 5.92 Å². The Labute approximate surface area is 179 Å². The van der Waals surface area contributed by atoms with Crippen LogP contribution in [0.25, 0.3) is 10.9 Å². The molecule has 3 aromatic rings. The molecule has 3 heterocycles. The lowest BCUT2D eigenvalue weighted by atomic mass is 9.97. The lowest BCUT2D eigenvalue weighted by Crippen LogP contribution is -2.36. The lowest BCUT2D eigenvalue weighted by molar-refractivity contribution is -0.00184. The third-order valence-corrected chi connectivity index (χ3v) is 6.26. The summed E-state index contributed by atoms with van der Waals surface area (Å²) in [6.07, 6.45) is 2.11. The summed E-state index contributed by atoms with van der Waals surface area (Å²) >= 11 is 0. The molecule has 1 aromatic carbocycles. The van der Waals surface area contributed by atoms with E-state index < -0.39 is 5.92 Å². The second kappa shape index (κ2) is 7.67. The summed E-state index contributed by atoms with van der Waals surface area (Å²) in [5, 5.41) is 12.9. The molecule has 31 heavy (non-hydrogen) atoms. The summed E-state index contributed by atoms with van der Waals surface area (Å²) in [4.78, 5) is 6.89. The van der Waals surface area contributed by atoms with Crippen LogP contribution in [0.1, 0.15) is 41.8 Å². The van der Waals surface area contributed by atoms with E-state index in [-0.39, 0.29) is 18.0 Å².